The summed E-state index contributed by atoms with van der Waals surface area (Å²) in [6.45, 7) is 0. The zero-order chi connectivity index (χ0) is 14.3. The lowest BCUT2D eigenvalue weighted by atomic mass is 9.82. The first kappa shape index (κ1) is 12.8. The Hall–Kier alpha value is -2.24. The molecule has 4 nitrogen and oxygen atoms in total. The largest absolute Gasteiger partial charge is 0.476 e. The van der Waals surface area contributed by atoms with Crippen molar-refractivity contribution in [1.29, 1.82) is 0 Å². The van der Waals surface area contributed by atoms with Crippen LogP contribution in [0.3, 0.4) is 0 Å². The van der Waals surface area contributed by atoms with Crippen molar-refractivity contribution < 1.29 is 18.7 Å². The van der Waals surface area contributed by atoms with Crippen LogP contribution >= 0.6 is 0 Å². The van der Waals surface area contributed by atoms with Gasteiger partial charge in [0.1, 0.15) is 11.6 Å². The van der Waals surface area contributed by atoms with Crippen molar-refractivity contribution >= 4 is 5.97 Å². The van der Waals surface area contributed by atoms with Gasteiger partial charge in [0.05, 0.1) is 0 Å². The minimum atomic E-state index is -1.09. The number of fused-ring (bicyclic) bond motifs is 1. The van der Waals surface area contributed by atoms with Crippen molar-refractivity contribution in [3.05, 3.63) is 52.3 Å². The average molecular weight is 278 g/mol. The Morgan fingerprint density at radius 2 is 2.00 bits per heavy atom. The van der Waals surface area contributed by atoms with Gasteiger partial charge in [-0.15, -0.1) is 0 Å². The summed E-state index contributed by atoms with van der Waals surface area (Å²) in [7, 11) is 0. The van der Waals surface area contributed by atoms with Crippen molar-refractivity contribution in [3.8, 4) is 0 Å². The molecular formula is C14H12F2N2O2. The molecule has 2 N–H and O–H groups in total. The molecule has 0 saturated heterocycles. The highest BCUT2D eigenvalue weighted by atomic mass is 19.1. The summed E-state index contributed by atoms with van der Waals surface area (Å²) in [5.41, 5.74) is 2.00. The van der Waals surface area contributed by atoms with Gasteiger partial charge in [0.2, 0.25) is 0 Å². The second kappa shape index (κ2) is 4.70. The SMILES string of the molecule is O=C(O)c1n[nH]c2c1CC(c1cc(F)cc(F)c1)CC2. The van der Waals surface area contributed by atoms with Crippen LogP contribution in [0, 0.1) is 11.6 Å². The number of halogens is 2. The van der Waals surface area contributed by atoms with E-state index >= 15 is 0 Å². The lowest BCUT2D eigenvalue weighted by molar-refractivity contribution is 0.0689. The molecule has 0 saturated carbocycles. The molecule has 0 fully saturated rings. The molecule has 1 aliphatic carbocycles. The topological polar surface area (TPSA) is 66.0 Å². The number of H-pyrrole nitrogens is 1. The quantitative estimate of drug-likeness (QED) is 0.887. The summed E-state index contributed by atoms with van der Waals surface area (Å²) in [6.07, 6.45) is 1.76. The van der Waals surface area contributed by atoms with Crippen LogP contribution in [0.2, 0.25) is 0 Å². The fourth-order valence-corrected chi connectivity index (χ4v) is 2.77. The number of nitrogens with one attached hydrogen (secondary N) is 1. The first-order valence-electron chi connectivity index (χ1n) is 6.30. The van der Waals surface area contributed by atoms with E-state index in [0.29, 0.717) is 30.4 Å². The molecule has 1 unspecified atom stereocenters. The van der Waals surface area contributed by atoms with Crippen LogP contribution in [-0.2, 0) is 12.8 Å². The molecule has 3 rings (SSSR count). The number of carboxylic acid groups (broad SMARTS) is 1. The summed E-state index contributed by atoms with van der Waals surface area (Å²) in [5.74, 6) is -2.41. The Balaban J connectivity index is 1.95. The van der Waals surface area contributed by atoms with Gasteiger partial charge in [0.25, 0.3) is 0 Å². The fourth-order valence-electron chi connectivity index (χ4n) is 2.77. The van der Waals surface area contributed by atoms with E-state index in [1.54, 1.807) is 0 Å². The highest BCUT2D eigenvalue weighted by Gasteiger charge is 2.27. The highest BCUT2D eigenvalue weighted by molar-refractivity contribution is 5.87. The van der Waals surface area contributed by atoms with Crippen molar-refractivity contribution in [2.24, 2.45) is 0 Å². The number of aryl methyl sites for hydroxylation is 1. The molecule has 6 heteroatoms. The molecule has 20 heavy (non-hydrogen) atoms. The smallest absolute Gasteiger partial charge is 0.356 e. The number of rotatable bonds is 2. The number of carbonyl (C=O) groups is 1. The molecule has 1 aromatic heterocycles. The van der Waals surface area contributed by atoms with Gasteiger partial charge in [-0.2, -0.15) is 5.10 Å². The van der Waals surface area contributed by atoms with E-state index in [2.05, 4.69) is 10.2 Å². The summed E-state index contributed by atoms with van der Waals surface area (Å²) in [5, 5.41) is 15.6. The van der Waals surface area contributed by atoms with E-state index in [9.17, 15) is 13.6 Å². The average Bonchev–Trinajstić information content (AvgIpc) is 2.80. The zero-order valence-electron chi connectivity index (χ0n) is 10.5. The van der Waals surface area contributed by atoms with Crippen LogP contribution in [0.25, 0.3) is 0 Å². The third-order valence-corrected chi connectivity index (χ3v) is 3.70. The highest BCUT2D eigenvalue weighted by Crippen LogP contribution is 2.33. The van der Waals surface area contributed by atoms with Crippen LogP contribution in [0.5, 0.6) is 0 Å². The number of benzene rings is 1. The molecule has 2 aromatic rings. The van der Waals surface area contributed by atoms with E-state index < -0.39 is 17.6 Å². The molecule has 1 aromatic carbocycles. The van der Waals surface area contributed by atoms with Crippen LogP contribution in [-0.4, -0.2) is 21.3 Å². The van der Waals surface area contributed by atoms with Crippen LogP contribution in [0.1, 0.15) is 39.6 Å². The molecule has 1 atom stereocenters. The van der Waals surface area contributed by atoms with Crippen molar-refractivity contribution in [2.75, 3.05) is 0 Å². The number of nitrogens with zero attached hydrogens (tertiary/aromatic N) is 1. The van der Waals surface area contributed by atoms with Gasteiger partial charge in [-0.05, 0) is 42.9 Å². The standard InChI is InChI=1S/C14H12F2N2O2/c15-9-3-8(4-10(16)6-9)7-1-2-12-11(5-7)13(14(19)20)18-17-12/h3-4,6-7H,1-2,5H2,(H,17,18)(H,19,20). The third kappa shape index (κ3) is 2.17. The summed E-state index contributed by atoms with van der Waals surface area (Å²) in [6, 6.07) is 3.44. The zero-order valence-corrected chi connectivity index (χ0v) is 10.5. The molecule has 1 heterocycles. The Kier molecular flexibility index (Phi) is 3.00. The summed E-state index contributed by atoms with van der Waals surface area (Å²) in [4.78, 5) is 11.1. The Bertz CT molecular complexity index is 662. The van der Waals surface area contributed by atoms with E-state index in [1.807, 2.05) is 0 Å². The van der Waals surface area contributed by atoms with Crippen LogP contribution < -0.4 is 0 Å². The van der Waals surface area contributed by atoms with Gasteiger partial charge in [-0.3, -0.25) is 5.10 Å². The molecule has 0 aliphatic heterocycles. The van der Waals surface area contributed by atoms with Gasteiger partial charge < -0.3 is 5.11 Å². The molecule has 0 bridgehead atoms. The van der Waals surface area contributed by atoms with E-state index in [-0.39, 0.29) is 11.6 Å². The summed E-state index contributed by atoms with van der Waals surface area (Å²) < 4.78 is 26.5. The maximum absolute atomic E-state index is 13.3. The predicted octanol–water partition coefficient (Wildman–Crippen LogP) is 2.66. The first-order valence-corrected chi connectivity index (χ1v) is 6.30. The van der Waals surface area contributed by atoms with Gasteiger partial charge >= 0.3 is 5.97 Å². The lowest BCUT2D eigenvalue weighted by Crippen LogP contribution is -2.15. The Morgan fingerprint density at radius 1 is 1.30 bits per heavy atom. The van der Waals surface area contributed by atoms with Gasteiger partial charge in [-0.25, -0.2) is 13.6 Å². The van der Waals surface area contributed by atoms with Crippen LogP contribution in [0.15, 0.2) is 18.2 Å². The van der Waals surface area contributed by atoms with E-state index in [4.69, 9.17) is 5.11 Å². The molecule has 104 valence electrons. The van der Waals surface area contributed by atoms with E-state index in [1.165, 1.54) is 12.1 Å². The number of hydrogen-bond acceptors (Lipinski definition) is 2. The second-order valence-corrected chi connectivity index (χ2v) is 4.98. The molecule has 0 radical (unpaired) electrons. The van der Waals surface area contributed by atoms with Gasteiger partial charge in [-0.1, -0.05) is 0 Å². The fraction of sp³-hybridized carbons (Fsp3) is 0.286. The lowest BCUT2D eigenvalue weighted by Gasteiger charge is -2.22. The number of aromatic carboxylic acids is 1. The van der Waals surface area contributed by atoms with E-state index in [0.717, 1.165) is 11.8 Å². The minimum absolute atomic E-state index is 0.00146. The third-order valence-electron chi connectivity index (χ3n) is 3.70. The van der Waals surface area contributed by atoms with Crippen molar-refractivity contribution in [3.63, 3.8) is 0 Å². The second-order valence-electron chi connectivity index (χ2n) is 4.98. The number of aromatic amines is 1. The maximum Gasteiger partial charge on any atom is 0.356 e. The van der Waals surface area contributed by atoms with Crippen molar-refractivity contribution in [2.45, 2.75) is 25.2 Å². The molecular weight excluding hydrogens is 266 g/mol. The van der Waals surface area contributed by atoms with Crippen LogP contribution in [0.4, 0.5) is 8.78 Å². The first-order chi connectivity index (χ1) is 9.54. The molecule has 0 spiro atoms. The number of hydrogen-bond donors (Lipinski definition) is 2. The maximum atomic E-state index is 13.3. The van der Waals surface area contributed by atoms with Crippen molar-refractivity contribution in [1.82, 2.24) is 10.2 Å². The predicted molar refractivity (Wildman–Crippen MR) is 66.7 cm³/mol. The number of carboxylic acids is 1. The normalized spacial score (nSPS) is 17.8. The number of aromatic nitrogens is 2. The molecule has 1 aliphatic rings. The molecule has 0 amide bonds. The summed E-state index contributed by atoms with van der Waals surface area (Å²) >= 11 is 0. The Labute approximate surface area is 113 Å². The Morgan fingerprint density at radius 3 is 2.65 bits per heavy atom. The van der Waals surface area contributed by atoms with Gasteiger partial charge in [0, 0.05) is 17.3 Å². The minimum Gasteiger partial charge on any atom is -0.476 e. The monoisotopic (exact) mass is 278 g/mol. The van der Waals surface area contributed by atoms with Gasteiger partial charge in [0.15, 0.2) is 5.69 Å².